The van der Waals surface area contributed by atoms with Gasteiger partial charge in [-0.1, -0.05) is 91.0 Å². The summed E-state index contributed by atoms with van der Waals surface area (Å²) in [5.41, 5.74) is 4.40. The quantitative estimate of drug-likeness (QED) is 0.449. The molecule has 176 valence electrons. The molecule has 3 aromatic carbocycles. The lowest BCUT2D eigenvalue weighted by Crippen LogP contribution is -2.50. The molecule has 1 N–H and O–H groups in total. The summed E-state index contributed by atoms with van der Waals surface area (Å²) in [6.07, 6.45) is 1.98. The molecule has 2 heterocycles. The van der Waals surface area contributed by atoms with Gasteiger partial charge in [-0.15, -0.1) is 0 Å². The number of amides is 1. The number of rotatable bonds is 6. The number of aromatic nitrogens is 2. The molecule has 0 saturated carbocycles. The topological polar surface area (TPSA) is 75.4 Å². The zero-order valence-electron chi connectivity index (χ0n) is 19.5. The molecular formula is C29H27N3O3. The molecule has 1 amide bonds. The maximum Gasteiger partial charge on any atom is 0.326 e. The van der Waals surface area contributed by atoms with Crippen molar-refractivity contribution in [2.24, 2.45) is 0 Å². The van der Waals surface area contributed by atoms with Gasteiger partial charge in [0.2, 0.25) is 5.91 Å². The van der Waals surface area contributed by atoms with Crippen molar-refractivity contribution in [1.82, 2.24) is 14.5 Å². The van der Waals surface area contributed by atoms with Gasteiger partial charge < -0.3 is 14.6 Å². The van der Waals surface area contributed by atoms with Gasteiger partial charge in [-0.25, -0.2) is 9.78 Å². The molecule has 1 aliphatic heterocycles. The summed E-state index contributed by atoms with van der Waals surface area (Å²) >= 11 is 0. The highest BCUT2D eigenvalue weighted by Gasteiger charge is 2.40. The number of fused-ring (bicyclic) bond motifs is 1. The highest BCUT2D eigenvalue weighted by molar-refractivity contribution is 5.91. The fourth-order valence-corrected chi connectivity index (χ4v) is 4.96. The van der Waals surface area contributed by atoms with Crippen LogP contribution < -0.4 is 0 Å². The van der Waals surface area contributed by atoms with E-state index < -0.39 is 17.9 Å². The van der Waals surface area contributed by atoms with Gasteiger partial charge in [0.1, 0.15) is 6.04 Å². The highest BCUT2D eigenvalue weighted by Crippen LogP contribution is 2.33. The van der Waals surface area contributed by atoms with Crippen molar-refractivity contribution in [2.75, 3.05) is 0 Å². The predicted octanol–water partition coefficient (Wildman–Crippen LogP) is 4.66. The van der Waals surface area contributed by atoms with Gasteiger partial charge in [0.25, 0.3) is 0 Å². The van der Waals surface area contributed by atoms with Gasteiger partial charge in [-0.05, 0) is 23.6 Å². The van der Waals surface area contributed by atoms with Crippen LogP contribution in [-0.4, -0.2) is 37.5 Å². The van der Waals surface area contributed by atoms with Crippen LogP contribution in [0.3, 0.4) is 0 Å². The minimum Gasteiger partial charge on any atom is -0.480 e. The highest BCUT2D eigenvalue weighted by atomic mass is 16.4. The van der Waals surface area contributed by atoms with Crippen LogP contribution in [0.25, 0.3) is 0 Å². The van der Waals surface area contributed by atoms with E-state index in [0.717, 1.165) is 28.1 Å². The molecule has 1 unspecified atom stereocenters. The second-order valence-electron chi connectivity index (χ2n) is 8.91. The second kappa shape index (κ2) is 9.58. The van der Waals surface area contributed by atoms with Crippen LogP contribution >= 0.6 is 0 Å². The third-order valence-corrected chi connectivity index (χ3v) is 6.85. The molecule has 0 aliphatic carbocycles. The molecule has 1 aromatic heterocycles. The Morgan fingerprint density at radius 3 is 1.89 bits per heavy atom. The number of imidazole rings is 1. The summed E-state index contributed by atoms with van der Waals surface area (Å²) in [6.45, 7) is 2.24. The Hall–Kier alpha value is -4.19. The summed E-state index contributed by atoms with van der Waals surface area (Å²) in [4.78, 5) is 32.5. The third-order valence-electron chi connectivity index (χ3n) is 6.85. The molecule has 6 nitrogen and oxygen atoms in total. The number of carboxylic acid groups (broad SMARTS) is 1. The number of carbonyl (C=O) groups excluding carboxylic acids is 1. The fourth-order valence-electron chi connectivity index (χ4n) is 4.96. The SMILES string of the molecule is CC(c1ccccc1)n1cnc2c1C[C@@H](C(=O)O)N(C(=O)C(c1ccccc1)c1ccccc1)C2. The van der Waals surface area contributed by atoms with E-state index >= 15 is 0 Å². The van der Waals surface area contributed by atoms with Crippen molar-refractivity contribution in [1.29, 1.82) is 0 Å². The van der Waals surface area contributed by atoms with Crippen molar-refractivity contribution >= 4 is 11.9 Å². The summed E-state index contributed by atoms with van der Waals surface area (Å²) in [5.74, 6) is -1.83. The van der Waals surface area contributed by atoms with Gasteiger partial charge in [0.05, 0.1) is 30.5 Å². The van der Waals surface area contributed by atoms with Crippen molar-refractivity contribution in [3.8, 4) is 0 Å². The van der Waals surface area contributed by atoms with Crippen LogP contribution in [0.4, 0.5) is 0 Å². The van der Waals surface area contributed by atoms with E-state index in [1.54, 1.807) is 6.33 Å². The number of benzene rings is 3. The van der Waals surface area contributed by atoms with E-state index in [1.807, 2.05) is 83.4 Å². The standard InChI is InChI=1S/C29H27N3O3/c1-20(21-11-5-2-6-12-21)32-19-30-24-18-31(26(29(34)35)17-25(24)32)28(33)27(22-13-7-3-8-14-22)23-15-9-4-10-16-23/h2-16,19-20,26-27H,17-18H2,1H3,(H,34,35)/t20?,26-/m0/s1. The Balaban J connectivity index is 1.51. The van der Waals surface area contributed by atoms with Gasteiger partial charge in [-0.2, -0.15) is 0 Å². The van der Waals surface area contributed by atoms with E-state index in [0.29, 0.717) is 0 Å². The third kappa shape index (κ3) is 4.35. The molecule has 5 rings (SSSR count). The summed E-state index contributed by atoms with van der Waals surface area (Å²) in [5, 5.41) is 10.2. The van der Waals surface area contributed by atoms with Gasteiger partial charge in [-0.3, -0.25) is 4.79 Å². The number of hydrogen-bond acceptors (Lipinski definition) is 3. The van der Waals surface area contributed by atoms with Crippen LogP contribution in [0.15, 0.2) is 97.3 Å². The molecule has 0 fully saturated rings. The molecule has 1 aliphatic rings. The van der Waals surface area contributed by atoms with Crippen molar-refractivity contribution in [3.63, 3.8) is 0 Å². The summed E-state index contributed by atoms with van der Waals surface area (Å²) in [7, 11) is 0. The Morgan fingerprint density at radius 1 is 0.857 bits per heavy atom. The minimum absolute atomic E-state index is 0.00512. The van der Waals surface area contributed by atoms with Gasteiger partial charge >= 0.3 is 5.97 Å². The molecule has 0 radical (unpaired) electrons. The zero-order valence-corrected chi connectivity index (χ0v) is 19.5. The molecule has 2 atom stereocenters. The first-order valence-corrected chi connectivity index (χ1v) is 11.8. The first-order valence-electron chi connectivity index (χ1n) is 11.8. The molecular weight excluding hydrogens is 438 g/mol. The average Bonchev–Trinajstić information content (AvgIpc) is 3.32. The number of carboxylic acids is 1. The minimum atomic E-state index is -1.01. The van der Waals surface area contributed by atoms with E-state index in [-0.39, 0.29) is 24.9 Å². The first-order chi connectivity index (χ1) is 17.0. The molecule has 0 bridgehead atoms. The second-order valence-corrected chi connectivity index (χ2v) is 8.91. The Kier molecular flexibility index (Phi) is 6.19. The lowest BCUT2D eigenvalue weighted by atomic mass is 9.88. The Labute approximate surface area is 204 Å². The van der Waals surface area contributed by atoms with E-state index in [1.165, 1.54) is 4.90 Å². The van der Waals surface area contributed by atoms with Crippen molar-refractivity contribution in [2.45, 2.75) is 37.9 Å². The molecule has 0 saturated heterocycles. The maximum absolute atomic E-state index is 14.0. The number of nitrogens with zero attached hydrogens (tertiary/aromatic N) is 3. The Bertz CT molecular complexity index is 1280. The van der Waals surface area contributed by atoms with Crippen LogP contribution in [0, 0.1) is 0 Å². The molecule has 35 heavy (non-hydrogen) atoms. The van der Waals surface area contributed by atoms with Crippen molar-refractivity contribution in [3.05, 3.63) is 125 Å². The lowest BCUT2D eigenvalue weighted by Gasteiger charge is -2.36. The fraction of sp³-hybridized carbons (Fsp3) is 0.207. The number of aliphatic carboxylic acids is 1. The Morgan fingerprint density at radius 2 is 1.37 bits per heavy atom. The summed E-state index contributed by atoms with van der Waals surface area (Å²) < 4.78 is 2.04. The molecule has 6 heteroatoms. The number of hydrogen-bond donors (Lipinski definition) is 1. The largest absolute Gasteiger partial charge is 0.480 e. The van der Waals surface area contributed by atoms with Gasteiger partial charge in [0.15, 0.2) is 0 Å². The predicted molar refractivity (Wildman–Crippen MR) is 133 cm³/mol. The summed E-state index contributed by atoms with van der Waals surface area (Å²) in [6, 6.07) is 28.1. The first kappa shape index (κ1) is 22.6. The van der Waals surface area contributed by atoms with Crippen LogP contribution in [-0.2, 0) is 22.6 Å². The van der Waals surface area contributed by atoms with E-state index in [9.17, 15) is 14.7 Å². The average molecular weight is 466 g/mol. The lowest BCUT2D eigenvalue weighted by molar-refractivity contribution is -0.151. The van der Waals surface area contributed by atoms with Gasteiger partial charge in [0, 0.05) is 12.1 Å². The van der Waals surface area contributed by atoms with Crippen LogP contribution in [0.5, 0.6) is 0 Å². The normalized spacial score (nSPS) is 16.1. The monoisotopic (exact) mass is 465 g/mol. The molecule has 0 spiro atoms. The number of carbonyl (C=O) groups is 2. The smallest absolute Gasteiger partial charge is 0.326 e. The van der Waals surface area contributed by atoms with E-state index in [2.05, 4.69) is 24.0 Å². The molecule has 4 aromatic rings. The van der Waals surface area contributed by atoms with Crippen LogP contribution in [0.2, 0.25) is 0 Å². The zero-order chi connectivity index (χ0) is 24.4. The van der Waals surface area contributed by atoms with Crippen molar-refractivity contribution < 1.29 is 14.7 Å². The van der Waals surface area contributed by atoms with Crippen LogP contribution in [0.1, 0.15) is 47.0 Å². The maximum atomic E-state index is 14.0. The van der Waals surface area contributed by atoms with E-state index in [4.69, 9.17) is 0 Å².